The Balaban J connectivity index is 1.59. The lowest BCUT2D eigenvalue weighted by Crippen LogP contribution is -2.08. The van der Waals surface area contributed by atoms with Crippen LogP contribution >= 0.6 is 34.7 Å². The van der Waals surface area contributed by atoms with Crippen LogP contribution in [0.3, 0.4) is 0 Å². The van der Waals surface area contributed by atoms with E-state index in [4.69, 9.17) is 16.0 Å². The van der Waals surface area contributed by atoms with E-state index in [-0.39, 0.29) is 23.0 Å². The van der Waals surface area contributed by atoms with Gasteiger partial charge in [-0.05, 0) is 30.3 Å². The van der Waals surface area contributed by atoms with Crippen LogP contribution < -0.4 is 0 Å². The molecule has 0 aliphatic rings. The van der Waals surface area contributed by atoms with E-state index in [2.05, 4.69) is 21.3 Å². The number of aliphatic hydroxyl groups excluding tert-OH is 1. The molecule has 0 fully saturated rings. The molecule has 0 unspecified atom stereocenters. The zero-order valence-corrected chi connectivity index (χ0v) is 19.1. The molecule has 0 saturated heterocycles. The fourth-order valence-corrected chi connectivity index (χ4v) is 4.94. The summed E-state index contributed by atoms with van der Waals surface area (Å²) in [4.78, 5) is 4.45. The van der Waals surface area contributed by atoms with E-state index < -0.39 is 0 Å². The molecular formula is C21H18ClN5O2S2. The molecule has 158 valence electrons. The highest BCUT2D eigenvalue weighted by Crippen LogP contribution is 2.31. The van der Waals surface area contributed by atoms with E-state index in [1.807, 2.05) is 36.6 Å². The second kappa shape index (κ2) is 9.14. The number of thiazole rings is 1. The number of thioether (sulfide) groups is 1. The number of nitrogens with zero attached hydrogens (tertiary/aromatic N) is 5. The van der Waals surface area contributed by atoms with Gasteiger partial charge < -0.3 is 9.52 Å². The number of fused-ring (bicyclic) bond motifs is 1. The maximum absolute atomic E-state index is 10.7. The minimum atomic E-state index is -0.0590. The molecule has 4 aromatic rings. The first-order valence-electron chi connectivity index (χ1n) is 9.43. The van der Waals surface area contributed by atoms with Gasteiger partial charge in [0.1, 0.15) is 34.0 Å². The van der Waals surface area contributed by atoms with Crippen LogP contribution in [-0.2, 0) is 6.54 Å². The Kier molecular flexibility index (Phi) is 6.32. The van der Waals surface area contributed by atoms with Crippen LogP contribution in [0.4, 0.5) is 0 Å². The molecule has 3 heterocycles. The average Bonchev–Trinajstić information content (AvgIpc) is 3.47. The summed E-state index contributed by atoms with van der Waals surface area (Å²) in [7, 11) is 0. The van der Waals surface area contributed by atoms with Crippen LogP contribution in [0.2, 0.25) is 5.02 Å². The van der Waals surface area contributed by atoms with Crippen molar-refractivity contribution in [3.05, 3.63) is 64.0 Å². The van der Waals surface area contributed by atoms with E-state index in [1.165, 1.54) is 23.1 Å². The van der Waals surface area contributed by atoms with Crippen molar-refractivity contribution in [2.75, 3.05) is 5.75 Å². The van der Waals surface area contributed by atoms with Gasteiger partial charge in [0, 0.05) is 10.9 Å². The molecule has 7 nitrogen and oxygen atoms in total. The predicted octanol–water partition coefficient (Wildman–Crippen LogP) is 5.89. The van der Waals surface area contributed by atoms with Crippen molar-refractivity contribution in [3.63, 3.8) is 0 Å². The summed E-state index contributed by atoms with van der Waals surface area (Å²) in [6.07, 6.45) is 1.63. The normalized spacial score (nSPS) is 12.4. The highest BCUT2D eigenvalue weighted by molar-refractivity contribution is 7.99. The Morgan fingerprint density at radius 2 is 2.19 bits per heavy atom. The van der Waals surface area contributed by atoms with Crippen LogP contribution in [0.1, 0.15) is 36.4 Å². The maximum Gasteiger partial charge on any atom is 0.192 e. The quantitative estimate of drug-likeness (QED) is 0.203. The lowest BCUT2D eigenvalue weighted by Gasteiger charge is -2.10. The van der Waals surface area contributed by atoms with Gasteiger partial charge in [-0.1, -0.05) is 37.2 Å². The Morgan fingerprint density at radius 1 is 1.35 bits per heavy atom. The summed E-state index contributed by atoms with van der Waals surface area (Å²) in [6.45, 7) is 4.58. The Bertz CT molecular complexity index is 1290. The predicted molar refractivity (Wildman–Crippen MR) is 122 cm³/mol. The summed E-state index contributed by atoms with van der Waals surface area (Å²) < 4.78 is 8.33. The SMILES string of the molecule is CC(C)c1nnc(SC/C(O)=C(\C#N)c2nc3cc(Cl)ccc3s2)n1Cc1ccco1. The third-order valence-corrected chi connectivity index (χ3v) is 6.72. The molecule has 3 aromatic heterocycles. The molecule has 10 heteroatoms. The summed E-state index contributed by atoms with van der Waals surface area (Å²) >= 11 is 8.67. The van der Waals surface area contributed by atoms with Gasteiger partial charge in [0.15, 0.2) is 5.16 Å². The summed E-state index contributed by atoms with van der Waals surface area (Å²) in [6, 6.07) is 11.2. The highest BCUT2D eigenvalue weighted by atomic mass is 35.5. The summed E-state index contributed by atoms with van der Waals surface area (Å²) in [5.74, 6) is 1.88. The van der Waals surface area contributed by atoms with E-state index in [0.29, 0.717) is 27.2 Å². The van der Waals surface area contributed by atoms with Crippen LogP contribution in [0.5, 0.6) is 0 Å². The van der Waals surface area contributed by atoms with Crippen LogP contribution in [0.25, 0.3) is 15.8 Å². The molecule has 0 aliphatic carbocycles. The largest absolute Gasteiger partial charge is 0.510 e. The first-order valence-corrected chi connectivity index (χ1v) is 11.6. The van der Waals surface area contributed by atoms with Crippen molar-refractivity contribution in [1.29, 1.82) is 5.26 Å². The standard InChI is InChI=1S/C21H18ClN5O2S2/c1-12(2)19-25-26-21(27(19)10-14-4-3-7-29-14)30-11-17(28)15(9-23)20-24-16-8-13(22)5-6-18(16)31-20/h3-8,12,28H,10-11H2,1-2H3/b17-15-. The molecule has 0 aliphatic heterocycles. The van der Waals surface area contributed by atoms with Crippen LogP contribution in [-0.4, -0.2) is 30.6 Å². The molecule has 1 N–H and O–H groups in total. The second-order valence-corrected chi connectivity index (χ2v) is 9.42. The third kappa shape index (κ3) is 4.61. The van der Waals surface area contributed by atoms with Crippen molar-refractivity contribution >= 4 is 50.5 Å². The van der Waals surface area contributed by atoms with Crippen molar-refractivity contribution in [2.24, 2.45) is 0 Å². The van der Waals surface area contributed by atoms with E-state index in [0.717, 1.165) is 16.3 Å². The lowest BCUT2D eigenvalue weighted by molar-refractivity contribution is 0.420. The first-order chi connectivity index (χ1) is 15.0. The fraction of sp³-hybridized carbons (Fsp3) is 0.238. The number of benzene rings is 1. The molecule has 0 bridgehead atoms. The minimum absolute atomic E-state index is 0.0590. The first kappa shape index (κ1) is 21.4. The molecule has 0 amide bonds. The molecular weight excluding hydrogens is 454 g/mol. The fourth-order valence-electron chi connectivity index (χ4n) is 2.99. The molecule has 4 rings (SSSR count). The maximum atomic E-state index is 10.7. The average molecular weight is 472 g/mol. The molecule has 0 radical (unpaired) electrons. The number of allylic oxidation sites excluding steroid dienone is 1. The number of nitriles is 1. The number of hydrogen-bond acceptors (Lipinski definition) is 8. The molecule has 1 aromatic carbocycles. The smallest absolute Gasteiger partial charge is 0.192 e. The number of aliphatic hydroxyl groups is 1. The van der Waals surface area contributed by atoms with Gasteiger partial charge >= 0.3 is 0 Å². The third-order valence-electron chi connectivity index (χ3n) is 4.46. The van der Waals surface area contributed by atoms with E-state index in [9.17, 15) is 10.4 Å². The number of hydrogen-bond donors (Lipinski definition) is 1. The van der Waals surface area contributed by atoms with Gasteiger partial charge in [0.2, 0.25) is 0 Å². The lowest BCUT2D eigenvalue weighted by atomic mass is 10.2. The van der Waals surface area contributed by atoms with Crippen molar-refractivity contribution in [3.8, 4) is 6.07 Å². The number of rotatable bonds is 7. The van der Waals surface area contributed by atoms with Gasteiger partial charge in [0.25, 0.3) is 0 Å². The Morgan fingerprint density at radius 3 is 2.90 bits per heavy atom. The number of halogens is 1. The van der Waals surface area contributed by atoms with Crippen molar-refractivity contribution in [2.45, 2.75) is 31.5 Å². The summed E-state index contributed by atoms with van der Waals surface area (Å²) in [5, 5.41) is 30.6. The van der Waals surface area contributed by atoms with Gasteiger partial charge in [0.05, 0.1) is 28.8 Å². The Hall–Kier alpha value is -2.80. The molecule has 0 spiro atoms. The van der Waals surface area contributed by atoms with Crippen molar-refractivity contribution in [1.82, 2.24) is 19.7 Å². The molecule has 0 atom stereocenters. The summed E-state index contributed by atoms with van der Waals surface area (Å²) in [5.41, 5.74) is 0.839. The zero-order chi connectivity index (χ0) is 22.0. The van der Waals surface area contributed by atoms with Crippen molar-refractivity contribution < 1.29 is 9.52 Å². The van der Waals surface area contributed by atoms with E-state index >= 15 is 0 Å². The molecule has 31 heavy (non-hydrogen) atoms. The van der Waals surface area contributed by atoms with Gasteiger partial charge in [-0.25, -0.2) is 4.98 Å². The highest BCUT2D eigenvalue weighted by Gasteiger charge is 2.19. The van der Waals surface area contributed by atoms with Gasteiger partial charge in [-0.2, -0.15) is 5.26 Å². The van der Waals surface area contributed by atoms with Gasteiger partial charge in [-0.15, -0.1) is 21.5 Å². The second-order valence-electron chi connectivity index (χ2n) is 7.01. The number of furan rings is 1. The molecule has 0 saturated carbocycles. The topological polar surface area (TPSA) is 101 Å². The van der Waals surface area contributed by atoms with E-state index in [1.54, 1.807) is 18.4 Å². The number of aromatic nitrogens is 4. The zero-order valence-electron chi connectivity index (χ0n) is 16.7. The van der Waals surface area contributed by atoms with Crippen LogP contribution in [0, 0.1) is 11.3 Å². The van der Waals surface area contributed by atoms with Crippen LogP contribution in [0.15, 0.2) is 51.9 Å². The Labute approximate surface area is 192 Å². The van der Waals surface area contributed by atoms with Gasteiger partial charge in [-0.3, -0.25) is 4.57 Å². The monoisotopic (exact) mass is 471 g/mol. The minimum Gasteiger partial charge on any atom is -0.510 e.